The van der Waals surface area contributed by atoms with E-state index in [1.165, 1.54) is 0 Å². The van der Waals surface area contributed by atoms with E-state index in [-0.39, 0.29) is 5.78 Å². The molecule has 0 radical (unpaired) electrons. The first kappa shape index (κ1) is 18.1. The van der Waals surface area contributed by atoms with Crippen molar-refractivity contribution < 1.29 is 9.53 Å². The Bertz CT molecular complexity index is 1050. The highest BCUT2D eigenvalue weighted by molar-refractivity contribution is 6.10. The van der Waals surface area contributed by atoms with Crippen LogP contribution in [0.2, 0.25) is 0 Å². The minimum atomic E-state index is -0.534. The molecule has 0 aliphatic carbocycles. The Kier molecular flexibility index (Phi) is 5.60. The van der Waals surface area contributed by atoms with Gasteiger partial charge in [-0.2, -0.15) is 0 Å². The summed E-state index contributed by atoms with van der Waals surface area (Å²) in [7, 11) is 0. The zero-order valence-corrected chi connectivity index (χ0v) is 15.6. The Morgan fingerprint density at radius 3 is 2.04 bits per heavy atom. The number of Topliss-reactive ketones (excluding diaryl/α,β-unsaturated/α-hetero) is 1. The Morgan fingerprint density at radius 1 is 0.679 bits per heavy atom. The van der Waals surface area contributed by atoms with Crippen LogP contribution in [0.5, 0.6) is 0 Å². The number of hydrogen-bond acceptors (Lipinski definition) is 2. The second-order valence-corrected chi connectivity index (χ2v) is 6.87. The second-order valence-electron chi connectivity index (χ2n) is 6.87. The van der Waals surface area contributed by atoms with E-state index in [4.69, 9.17) is 4.74 Å². The molecule has 0 aliphatic heterocycles. The molecule has 2 heteroatoms. The molecule has 0 unspecified atom stereocenters. The van der Waals surface area contributed by atoms with Gasteiger partial charge in [0.1, 0.15) is 6.10 Å². The predicted molar refractivity (Wildman–Crippen MR) is 113 cm³/mol. The molecule has 0 amide bonds. The smallest absolute Gasteiger partial charge is 0.192 e. The predicted octanol–water partition coefficient (Wildman–Crippen LogP) is 5.85. The summed E-state index contributed by atoms with van der Waals surface area (Å²) in [5.41, 5.74) is 2.87. The highest BCUT2D eigenvalue weighted by Crippen LogP contribution is 2.22. The van der Waals surface area contributed by atoms with Gasteiger partial charge in [0.15, 0.2) is 5.78 Å². The van der Waals surface area contributed by atoms with Crippen molar-refractivity contribution in [3.8, 4) is 0 Å². The van der Waals surface area contributed by atoms with E-state index in [1.54, 1.807) is 0 Å². The van der Waals surface area contributed by atoms with Gasteiger partial charge < -0.3 is 4.74 Å². The van der Waals surface area contributed by atoms with Gasteiger partial charge in [-0.25, -0.2) is 0 Å². The number of ether oxygens (including phenoxy) is 1. The van der Waals surface area contributed by atoms with Crippen molar-refractivity contribution in [2.75, 3.05) is 0 Å². The van der Waals surface area contributed by atoms with Gasteiger partial charge in [-0.3, -0.25) is 4.79 Å². The fraction of sp³-hybridized carbons (Fsp3) is 0.115. The van der Waals surface area contributed by atoms with Crippen molar-refractivity contribution in [3.05, 3.63) is 120 Å². The Hall–Kier alpha value is -3.23. The molecule has 0 spiro atoms. The molecule has 4 aromatic carbocycles. The van der Waals surface area contributed by atoms with Crippen LogP contribution in [0.4, 0.5) is 0 Å². The van der Waals surface area contributed by atoms with Crippen molar-refractivity contribution in [1.29, 1.82) is 0 Å². The zero-order chi connectivity index (χ0) is 19.2. The van der Waals surface area contributed by atoms with Crippen LogP contribution in [0.15, 0.2) is 103 Å². The lowest BCUT2D eigenvalue weighted by Crippen LogP contribution is -2.27. The lowest BCUT2D eigenvalue weighted by molar-refractivity contribution is 0.0343. The largest absolute Gasteiger partial charge is 0.365 e. The second kappa shape index (κ2) is 8.64. The van der Waals surface area contributed by atoms with Crippen LogP contribution < -0.4 is 0 Å². The third-order valence-electron chi connectivity index (χ3n) is 4.91. The van der Waals surface area contributed by atoms with Gasteiger partial charge in [0.25, 0.3) is 0 Å². The molecular weight excluding hydrogens is 344 g/mol. The van der Waals surface area contributed by atoms with E-state index in [1.807, 2.05) is 103 Å². The van der Waals surface area contributed by atoms with Crippen molar-refractivity contribution in [2.24, 2.45) is 0 Å². The highest BCUT2D eigenvalue weighted by atomic mass is 16.5. The van der Waals surface area contributed by atoms with Gasteiger partial charge in [-0.1, -0.05) is 103 Å². The fourth-order valence-electron chi connectivity index (χ4n) is 3.44. The summed E-state index contributed by atoms with van der Waals surface area (Å²) in [5, 5.41) is 2.03. The first-order valence-electron chi connectivity index (χ1n) is 9.53. The first-order chi connectivity index (χ1) is 13.8. The quantitative estimate of drug-likeness (QED) is 0.384. The average molecular weight is 366 g/mol. The minimum absolute atomic E-state index is 0.0246. The molecule has 4 rings (SSSR count). The molecule has 4 aromatic rings. The summed E-state index contributed by atoms with van der Waals surface area (Å²) in [6.45, 7) is 0.412. The minimum Gasteiger partial charge on any atom is -0.365 e. The third-order valence-corrected chi connectivity index (χ3v) is 4.91. The van der Waals surface area contributed by atoms with Crippen LogP contribution in [-0.2, 0) is 17.8 Å². The Balaban J connectivity index is 1.64. The van der Waals surface area contributed by atoms with Gasteiger partial charge in [0, 0.05) is 12.0 Å². The van der Waals surface area contributed by atoms with Gasteiger partial charge in [0.2, 0.25) is 0 Å². The summed E-state index contributed by atoms with van der Waals surface area (Å²) < 4.78 is 6.15. The maximum atomic E-state index is 13.5. The van der Waals surface area contributed by atoms with Gasteiger partial charge in [-0.05, 0) is 21.9 Å². The number of carbonyl (C=O) groups is 1. The summed E-state index contributed by atoms with van der Waals surface area (Å²) in [6, 6.07) is 33.9. The number of ketones is 1. The van der Waals surface area contributed by atoms with E-state index in [9.17, 15) is 4.79 Å². The number of benzene rings is 4. The highest BCUT2D eigenvalue weighted by Gasteiger charge is 2.23. The lowest BCUT2D eigenvalue weighted by Gasteiger charge is -2.18. The molecule has 0 saturated heterocycles. The average Bonchev–Trinajstić information content (AvgIpc) is 2.77. The van der Waals surface area contributed by atoms with Crippen LogP contribution >= 0.6 is 0 Å². The fourth-order valence-corrected chi connectivity index (χ4v) is 3.44. The van der Waals surface area contributed by atoms with Gasteiger partial charge >= 0.3 is 0 Å². The van der Waals surface area contributed by atoms with Crippen LogP contribution in [0.1, 0.15) is 21.5 Å². The van der Waals surface area contributed by atoms with E-state index in [0.717, 1.165) is 21.9 Å². The summed E-state index contributed by atoms with van der Waals surface area (Å²) in [4.78, 5) is 13.5. The first-order valence-corrected chi connectivity index (χ1v) is 9.53. The maximum Gasteiger partial charge on any atom is 0.192 e. The molecule has 0 heterocycles. The van der Waals surface area contributed by atoms with Crippen molar-refractivity contribution in [2.45, 2.75) is 19.1 Å². The van der Waals surface area contributed by atoms with E-state index >= 15 is 0 Å². The van der Waals surface area contributed by atoms with E-state index in [0.29, 0.717) is 18.6 Å². The van der Waals surface area contributed by atoms with Crippen molar-refractivity contribution in [3.63, 3.8) is 0 Å². The van der Waals surface area contributed by atoms with Crippen LogP contribution in [0.3, 0.4) is 0 Å². The molecule has 138 valence electrons. The number of rotatable bonds is 7. The standard InChI is InChI=1S/C26H22O2/c27-26(24-17-9-15-22-14-7-8-16-23(22)24)25(18-20-10-3-1-4-11-20)28-19-21-12-5-2-6-13-21/h1-17,25H,18-19H2/t25-/m0/s1. The summed E-state index contributed by atoms with van der Waals surface area (Å²) in [5.74, 6) is 0.0246. The topological polar surface area (TPSA) is 26.3 Å². The molecule has 0 fully saturated rings. The Morgan fingerprint density at radius 2 is 1.29 bits per heavy atom. The van der Waals surface area contributed by atoms with Crippen LogP contribution in [0, 0.1) is 0 Å². The molecule has 0 aliphatic rings. The molecule has 1 atom stereocenters. The van der Waals surface area contributed by atoms with E-state index < -0.39 is 6.10 Å². The normalized spacial score (nSPS) is 12.0. The Labute approximate surface area is 165 Å². The molecule has 0 N–H and O–H groups in total. The zero-order valence-electron chi connectivity index (χ0n) is 15.6. The maximum absolute atomic E-state index is 13.5. The molecule has 2 nitrogen and oxygen atoms in total. The SMILES string of the molecule is O=C(c1cccc2ccccc12)[C@H](Cc1ccccc1)OCc1ccccc1. The van der Waals surface area contributed by atoms with Crippen LogP contribution in [0.25, 0.3) is 10.8 Å². The molecule has 0 aromatic heterocycles. The lowest BCUT2D eigenvalue weighted by atomic mass is 9.95. The number of fused-ring (bicyclic) bond motifs is 1. The number of carbonyl (C=O) groups excluding carboxylic acids is 1. The van der Waals surface area contributed by atoms with Crippen molar-refractivity contribution >= 4 is 16.6 Å². The third kappa shape index (κ3) is 4.19. The van der Waals surface area contributed by atoms with Gasteiger partial charge in [0.05, 0.1) is 6.61 Å². The van der Waals surface area contributed by atoms with Crippen LogP contribution in [-0.4, -0.2) is 11.9 Å². The number of hydrogen-bond donors (Lipinski definition) is 0. The van der Waals surface area contributed by atoms with E-state index in [2.05, 4.69) is 0 Å². The molecule has 0 saturated carbocycles. The van der Waals surface area contributed by atoms with Gasteiger partial charge in [-0.15, -0.1) is 0 Å². The van der Waals surface area contributed by atoms with Crippen molar-refractivity contribution in [1.82, 2.24) is 0 Å². The molecular formula is C26H22O2. The molecule has 0 bridgehead atoms. The monoisotopic (exact) mass is 366 g/mol. The summed E-state index contributed by atoms with van der Waals surface area (Å²) in [6.07, 6.45) is 0.0174. The summed E-state index contributed by atoms with van der Waals surface area (Å²) >= 11 is 0. The molecule has 28 heavy (non-hydrogen) atoms.